The van der Waals surface area contributed by atoms with Gasteiger partial charge >= 0.3 is 5.97 Å². The molecule has 0 unspecified atom stereocenters. The van der Waals surface area contributed by atoms with E-state index >= 15 is 0 Å². The summed E-state index contributed by atoms with van der Waals surface area (Å²) in [6.07, 6.45) is 0. The van der Waals surface area contributed by atoms with E-state index in [0.29, 0.717) is 43.2 Å². The van der Waals surface area contributed by atoms with Crippen molar-refractivity contribution >= 4 is 34.5 Å². The second-order valence-electron chi connectivity index (χ2n) is 4.05. The smallest absolute Gasteiger partial charge is 0.371 e. The van der Waals surface area contributed by atoms with E-state index in [9.17, 15) is 4.79 Å². The van der Waals surface area contributed by atoms with Crippen LogP contribution in [0.5, 0.6) is 0 Å². The highest BCUT2D eigenvalue weighted by molar-refractivity contribution is 6.28. The van der Waals surface area contributed by atoms with Gasteiger partial charge in [-0.05, 0) is 11.6 Å². The fraction of sp³-hybridized carbons (Fsp3) is 0.364. The molecular formula is C11H10ClN3O4. The molecule has 2 aromatic rings. The van der Waals surface area contributed by atoms with Gasteiger partial charge in [0.25, 0.3) is 0 Å². The number of carbonyl (C=O) groups is 1. The Balaban J connectivity index is 2.13. The van der Waals surface area contributed by atoms with Gasteiger partial charge < -0.3 is 19.2 Å². The molecule has 0 atom stereocenters. The molecule has 0 radical (unpaired) electrons. The number of nitrogens with zero attached hydrogens (tertiary/aromatic N) is 3. The first-order chi connectivity index (χ1) is 9.15. The van der Waals surface area contributed by atoms with Crippen LogP contribution in [0, 0.1) is 0 Å². The summed E-state index contributed by atoms with van der Waals surface area (Å²) in [7, 11) is 0. The highest BCUT2D eigenvalue weighted by Gasteiger charge is 2.21. The Morgan fingerprint density at radius 1 is 1.37 bits per heavy atom. The van der Waals surface area contributed by atoms with Crippen LogP contribution in [0.15, 0.2) is 10.5 Å². The van der Waals surface area contributed by atoms with Crippen molar-refractivity contribution in [1.29, 1.82) is 0 Å². The lowest BCUT2D eigenvalue weighted by atomic mass is 10.3. The van der Waals surface area contributed by atoms with Crippen molar-refractivity contribution in [3.63, 3.8) is 0 Å². The fourth-order valence-electron chi connectivity index (χ4n) is 1.98. The molecule has 0 spiro atoms. The number of aromatic nitrogens is 2. The minimum Gasteiger partial charge on any atom is -0.475 e. The summed E-state index contributed by atoms with van der Waals surface area (Å²) < 4.78 is 10.6. The number of hydrogen-bond acceptors (Lipinski definition) is 6. The molecule has 1 aliphatic heterocycles. The van der Waals surface area contributed by atoms with Crippen LogP contribution in [0.3, 0.4) is 0 Å². The summed E-state index contributed by atoms with van der Waals surface area (Å²) >= 11 is 5.86. The zero-order valence-electron chi connectivity index (χ0n) is 9.80. The summed E-state index contributed by atoms with van der Waals surface area (Å²) in [6, 6.07) is 1.34. The largest absolute Gasteiger partial charge is 0.475 e. The SMILES string of the molecule is O=C(O)c1cc2nc(Cl)nc(N3CCOCC3)c2o1. The molecular weight excluding hydrogens is 274 g/mol. The van der Waals surface area contributed by atoms with Crippen molar-refractivity contribution in [3.8, 4) is 0 Å². The predicted octanol–water partition coefficient (Wildman–Crippen LogP) is 1.41. The average molecular weight is 284 g/mol. The number of halogens is 1. The maximum Gasteiger partial charge on any atom is 0.371 e. The minimum atomic E-state index is -1.15. The van der Waals surface area contributed by atoms with E-state index in [2.05, 4.69) is 9.97 Å². The third-order valence-corrected chi connectivity index (χ3v) is 3.02. The molecule has 0 amide bonds. The molecule has 3 heterocycles. The number of aromatic carboxylic acids is 1. The second-order valence-corrected chi connectivity index (χ2v) is 4.38. The molecule has 0 aromatic carbocycles. The normalized spacial score (nSPS) is 15.9. The number of fused-ring (bicyclic) bond motifs is 1. The van der Waals surface area contributed by atoms with Gasteiger partial charge in [-0.1, -0.05) is 0 Å². The van der Waals surface area contributed by atoms with Crippen molar-refractivity contribution in [2.45, 2.75) is 0 Å². The van der Waals surface area contributed by atoms with Crippen molar-refractivity contribution in [2.75, 3.05) is 31.2 Å². The summed E-state index contributed by atoms with van der Waals surface area (Å²) in [4.78, 5) is 21.0. The molecule has 19 heavy (non-hydrogen) atoms. The number of rotatable bonds is 2. The van der Waals surface area contributed by atoms with Gasteiger partial charge in [0, 0.05) is 19.2 Å². The van der Waals surface area contributed by atoms with Gasteiger partial charge in [0.1, 0.15) is 5.52 Å². The Kier molecular flexibility index (Phi) is 3.00. The van der Waals surface area contributed by atoms with Crippen LogP contribution in [0.25, 0.3) is 11.1 Å². The molecule has 1 N–H and O–H groups in total. The molecule has 0 saturated carbocycles. The van der Waals surface area contributed by atoms with E-state index in [1.54, 1.807) is 0 Å². The third-order valence-electron chi connectivity index (χ3n) is 2.85. The van der Waals surface area contributed by atoms with Crippen LogP contribution in [0.2, 0.25) is 5.28 Å². The first kappa shape index (κ1) is 12.2. The molecule has 100 valence electrons. The Morgan fingerprint density at radius 3 is 2.79 bits per heavy atom. The lowest BCUT2D eigenvalue weighted by Crippen LogP contribution is -2.36. The highest BCUT2D eigenvalue weighted by atomic mass is 35.5. The van der Waals surface area contributed by atoms with E-state index < -0.39 is 5.97 Å². The minimum absolute atomic E-state index is 0.0618. The van der Waals surface area contributed by atoms with Crippen molar-refractivity contribution in [3.05, 3.63) is 17.1 Å². The summed E-state index contributed by atoms with van der Waals surface area (Å²) in [5.74, 6) is -0.825. The van der Waals surface area contributed by atoms with E-state index in [1.807, 2.05) is 4.90 Å². The van der Waals surface area contributed by atoms with Crippen LogP contribution >= 0.6 is 11.6 Å². The van der Waals surface area contributed by atoms with Gasteiger partial charge in [-0.25, -0.2) is 9.78 Å². The zero-order chi connectivity index (χ0) is 13.4. The molecule has 1 fully saturated rings. The highest BCUT2D eigenvalue weighted by Crippen LogP contribution is 2.28. The fourth-order valence-corrected chi connectivity index (χ4v) is 2.15. The van der Waals surface area contributed by atoms with Crippen LogP contribution in [-0.2, 0) is 4.74 Å². The van der Waals surface area contributed by atoms with Crippen LogP contribution < -0.4 is 4.90 Å². The molecule has 8 heteroatoms. The monoisotopic (exact) mass is 283 g/mol. The first-order valence-corrected chi connectivity index (χ1v) is 6.06. The van der Waals surface area contributed by atoms with Gasteiger partial charge in [0.05, 0.1) is 13.2 Å². The van der Waals surface area contributed by atoms with E-state index in [-0.39, 0.29) is 11.0 Å². The Hall–Kier alpha value is -1.86. The van der Waals surface area contributed by atoms with Crippen molar-refractivity contribution < 1.29 is 19.1 Å². The average Bonchev–Trinajstić information content (AvgIpc) is 2.82. The van der Waals surface area contributed by atoms with Gasteiger partial charge in [0.2, 0.25) is 11.0 Å². The van der Waals surface area contributed by atoms with Crippen LogP contribution in [0.1, 0.15) is 10.6 Å². The van der Waals surface area contributed by atoms with E-state index in [0.717, 1.165) is 0 Å². The number of carboxylic acids is 1. The lowest BCUT2D eigenvalue weighted by molar-refractivity contribution is 0.0665. The predicted molar refractivity (Wildman–Crippen MR) is 66.8 cm³/mol. The Bertz CT molecular complexity index is 636. The van der Waals surface area contributed by atoms with Gasteiger partial charge in [-0.2, -0.15) is 4.98 Å². The van der Waals surface area contributed by atoms with Gasteiger partial charge in [-0.3, -0.25) is 0 Å². The van der Waals surface area contributed by atoms with Gasteiger partial charge in [-0.15, -0.1) is 0 Å². The standard InChI is InChI=1S/C11H10ClN3O4/c12-11-13-6-5-7(10(16)17)19-8(6)9(14-11)15-1-3-18-4-2-15/h5H,1-4H2,(H,16,17). The van der Waals surface area contributed by atoms with E-state index in [4.69, 9.17) is 25.9 Å². The lowest BCUT2D eigenvalue weighted by Gasteiger charge is -2.27. The van der Waals surface area contributed by atoms with Gasteiger partial charge in [0.15, 0.2) is 11.4 Å². The molecule has 2 aromatic heterocycles. The zero-order valence-corrected chi connectivity index (χ0v) is 10.6. The second kappa shape index (κ2) is 4.67. The number of hydrogen-bond donors (Lipinski definition) is 1. The maximum absolute atomic E-state index is 10.9. The molecule has 0 aliphatic carbocycles. The maximum atomic E-state index is 10.9. The number of anilines is 1. The Morgan fingerprint density at radius 2 is 2.11 bits per heavy atom. The molecule has 1 aliphatic rings. The molecule has 7 nitrogen and oxygen atoms in total. The molecule has 0 bridgehead atoms. The molecule has 1 saturated heterocycles. The summed E-state index contributed by atoms with van der Waals surface area (Å²) in [5, 5.41) is 9.01. The van der Waals surface area contributed by atoms with Crippen LogP contribution in [-0.4, -0.2) is 47.3 Å². The summed E-state index contributed by atoms with van der Waals surface area (Å²) in [6.45, 7) is 2.45. The van der Waals surface area contributed by atoms with Crippen molar-refractivity contribution in [1.82, 2.24) is 9.97 Å². The summed E-state index contributed by atoms with van der Waals surface area (Å²) in [5.41, 5.74) is 0.725. The van der Waals surface area contributed by atoms with Crippen molar-refractivity contribution in [2.24, 2.45) is 0 Å². The number of carboxylic acid groups (broad SMARTS) is 1. The quantitative estimate of drug-likeness (QED) is 0.834. The third kappa shape index (κ3) is 2.22. The number of morpholine rings is 1. The van der Waals surface area contributed by atoms with E-state index in [1.165, 1.54) is 6.07 Å². The number of ether oxygens (including phenoxy) is 1. The molecule has 3 rings (SSSR count). The van der Waals surface area contributed by atoms with Crippen LogP contribution in [0.4, 0.5) is 5.82 Å². The topological polar surface area (TPSA) is 88.7 Å². The first-order valence-electron chi connectivity index (χ1n) is 5.68. The number of furan rings is 1. The Labute approximate surface area is 112 Å².